The predicted octanol–water partition coefficient (Wildman–Crippen LogP) is 2.87. The van der Waals surface area contributed by atoms with Crippen LogP contribution in [0.3, 0.4) is 0 Å². The summed E-state index contributed by atoms with van der Waals surface area (Å²) < 4.78 is 0. The number of aromatic hydroxyl groups is 1. The number of para-hydroxylation sites is 1. The van der Waals surface area contributed by atoms with Gasteiger partial charge >= 0.3 is 0 Å². The van der Waals surface area contributed by atoms with Crippen LogP contribution in [0, 0.1) is 0 Å². The van der Waals surface area contributed by atoms with Gasteiger partial charge in [-0.3, -0.25) is 4.99 Å². The number of halogens is 1. The zero-order valence-corrected chi connectivity index (χ0v) is 8.42. The minimum absolute atomic E-state index is 0.0913. The summed E-state index contributed by atoms with van der Waals surface area (Å²) in [5.41, 5.74) is 0.654. The predicted molar refractivity (Wildman–Crippen MR) is 55.8 cm³/mol. The summed E-state index contributed by atoms with van der Waals surface area (Å²) in [5, 5.41) is 9.84. The van der Waals surface area contributed by atoms with Crippen LogP contribution in [0.15, 0.2) is 23.2 Å². The molecule has 3 heteroatoms. The van der Waals surface area contributed by atoms with Crippen molar-refractivity contribution in [1.82, 2.24) is 0 Å². The molecule has 0 saturated carbocycles. The van der Waals surface area contributed by atoms with Crippen LogP contribution in [0.25, 0.3) is 0 Å². The maximum absolute atomic E-state index is 9.49. The van der Waals surface area contributed by atoms with Gasteiger partial charge in [0.1, 0.15) is 5.75 Å². The van der Waals surface area contributed by atoms with E-state index in [1.807, 2.05) is 13.8 Å². The Balaban J connectivity index is 2.95. The summed E-state index contributed by atoms with van der Waals surface area (Å²) in [6, 6.07) is 5.42. The fourth-order valence-corrected chi connectivity index (χ4v) is 1.05. The van der Waals surface area contributed by atoms with E-state index in [2.05, 4.69) is 4.99 Å². The SMILES string of the molecule is CC(C)N=Cc1cccc(Cl)c1O. The molecule has 0 fully saturated rings. The molecule has 2 nitrogen and oxygen atoms in total. The summed E-state index contributed by atoms with van der Waals surface area (Å²) in [6.45, 7) is 3.94. The second-order valence-electron chi connectivity index (χ2n) is 3.05. The molecular formula is C10H12ClNO. The Bertz CT molecular complexity index is 321. The fraction of sp³-hybridized carbons (Fsp3) is 0.300. The Morgan fingerprint density at radius 2 is 2.15 bits per heavy atom. The molecule has 0 spiro atoms. The topological polar surface area (TPSA) is 32.6 Å². The van der Waals surface area contributed by atoms with Gasteiger partial charge in [-0.15, -0.1) is 0 Å². The van der Waals surface area contributed by atoms with Crippen LogP contribution in [0.1, 0.15) is 19.4 Å². The summed E-state index contributed by atoms with van der Waals surface area (Å²) in [6.07, 6.45) is 1.63. The minimum atomic E-state index is 0.0913. The highest BCUT2D eigenvalue weighted by Crippen LogP contribution is 2.25. The third-order valence-electron chi connectivity index (χ3n) is 1.53. The maximum atomic E-state index is 9.49. The van der Waals surface area contributed by atoms with Gasteiger partial charge in [0, 0.05) is 17.8 Å². The number of phenolic OH excluding ortho intramolecular Hbond substituents is 1. The van der Waals surface area contributed by atoms with Crippen molar-refractivity contribution in [1.29, 1.82) is 0 Å². The molecule has 1 N–H and O–H groups in total. The first kappa shape index (κ1) is 10.1. The van der Waals surface area contributed by atoms with E-state index < -0.39 is 0 Å². The van der Waals surface area contributed by atoms with E-state index in [4.69, 9.17) is 11.6 Å². The molecule has 0 unspecified atom stereocenters. The number of aliphatic imine (C=N–C) groups is 1. The van der Waals surface area contributed by atoms with Gasteiger partial charge in [-0.25, -0.2) is 0 Å². The molecule has 0 heterocycles. The second kappa shape index (κ2) is 4.28. The maximum Gasteiger partial charge on any atom is 0.142 e. The van der Waals surface area contributed by atoms with Gasteiger partial charge in [0.25, 0.3) is 0 Å². The number of phenols is 1. The zero-order valence-electron chi connectivity index (χ0n) is 7.66. The summed E-state index contributed by atoms with van der Waals surface area (Å²) in [4.78, 5) is 4.15. The standard InChI is InChI=1S/C10H12ClNO/c1-7(2)12-6-8-4-3-5-9(11)10(8)13/h3-7,13H,1-2H3. The van der Waals surface area contributed by atoms with Gasteiger partial charge in [-0.05, 0) is 26.0 Å². The van der Waals surface area contributed by atoms with Crippen LogP contribution >= 0.6 is 11.6 Å². The van der Waals surface area contributed by atoms with Gasteiger partial charge in [0.2, 0.25) is 0 Å². The smallest absolute Gasteiger partial charge is 0.142 e. The fourth-order valence-electron chi connectivity index (χ4n) is 0.866. The number of rotatable bonds is 2. The molecule has 70 valence electrons. The Morgan fingerprint density at radius 1 is 1.46 bits per heavy atom. The minimum Gasteiger partial charge on any atom is -0.506 e. The largest absolute Gasteiger partial charge is 0.506 e. The van der Waals surface area contributed by atoms with Crippen LogP contribution in [0.2, 0.25) is 5.02 Å². The quantitative estimate of drug-likeness (QED) is 0.727. The van der Waals surface area contributed by atoms with Gasteiger partial charge in [0.05, 0.1) is 5.02 Å². The molecule has 1 aromatic rings. The molecule has 0 bridgehead atoms. The third kappa shape index (κ3) is 2.74. The highest BCUT2D eigenvalue weighted by molar-refractivity contribution is 6.32. The van der Waals surface area contributed by atoms with Crippen molar-refractivity contribution in [2.75, 3.05) is 0 Å². The lowest BCUT2D eigenvalue weighted by atomic mass is 10.2. The lowest BCUT2D eigenvalue weighted by Crippen LogP contribution is -1.90. The first-order valence-corrected chi connectivity index (χ1v) is 4.49. The lowest BCUT2D eigenvalue weighted by Gasteiger charge is -2.00. The lowest BCUT2D eigenvalue weighted by molar-refractivity contribution is 0.474. The highest BCUT2D eigenvalue weighted by Gasteiger charge is 2.01. The molecular weight excluding hydrogens is 186 g/mol. The van der Waals surface area contributed by atoms with Crippen LogP contribution < -0.4 is 0 Å². The van der Waals surface area contributed by atoms with Gasteiger partial charge in [-0.2, -0.15) is 0 Å². The molecule has 1 aromatic carbocycles. The van der Waals surface area contributed by atoms with E-state index in [1.165, 1.54) is 0 Å². The van der Waals surface area contributed by atoms with Crippen molar-refractivity contribution < 1.29 is 5.11 Å². The number of benzene rings is 1. The summed E-state index contributed by atoms with van der Waals surface area (Å²) >= 11 is 5.72. The second-order valence-corrected chi connectivity index (χ2v) is 3.46. The first-order valence-electron chi connectivity index (χ1n) is 4.12. The molecule has 0 radical (unpaired) electrons. The molecule has 13 heavy (non-hydrogen) atoms. The van der Waals surface area contributed by atoms with E-state index in [-0.39, 0.29) is 11.8 Å². The van der Waals surface area contributed by atoms with Crippen LogP contribution in [0.4, 0.5) is 0 Å². The normalized spacial score (nSPS) is 11.4. The average Bonchev–Trinajstić information content (AvgIpc) is 2.07. The van der Waals surface area contributed by atoms with Crippen molar-refractivity contribution in [3.63, 3.8) is 0 Å². The number of hydrogen-bond donors (Lipinski definition) is 1. The van der Waals surface area contributed by atoms with Crippen molar-refractivity contribution in [2.24, 2.45) is 4.99 Å². The van der Waals surface area contributed by atoms with Crippen molar-refractivity contribution >= 4 is 17.8 Å². The highest BCUT2D eigenvalue weighted by atomic mass is 35.5. The van der Waals surface area contributed by atoms with Gasteiger partial charge < -0.3 is 5.11 Å². The van der Waals surface area contributed by atoms with E-state index in [0.29, 0.717) is 10.6 Å². The monoisotopic (exact) mass is 197 g/mol. The van der Waals surface area contributed by atoms with Crippen molar-refractivity contribution in [3.05, 3.63) is 28.8 Å². The van der Waals surface area contributed by atoms with Gasteiger partial charge in [0.15, 0.2) is 0 Å². The van der Waals surface area contributed by atoms with E-state index >= 15 is 0 Å². The Kier molecular flexibility index (Phi) is 3.32. The summed E-state index contributed by atoms with van der Waals surface area (Å²) in [5.74, 6) is 0.0913. The molecule has 0 amide bonds. The molecule has 0 aliphatic rings. The van der Waals surface area contributed by atoms with Crippen LogP contribution in [-0.4, -0.2) is 17.4 Å². The zero-order chi connectivity index (χ0) is 9.84. The third-order valence-corrected chi connectivity index (χ3v) is 1.83. The summed E-state index contributed by atoms with van der Waals surface area (Å²) in [7, 11) is 0. The number of nitrogens with zero attached hydrogens (tertiary/aromatic N) is 1. The van der Waals surface area contributed by atoms with Crippen LogP contribution in [0.5, 0.6) is 5.75 Å². The van der Waals surface area contributed by atoms with Crippen molar-refractivity contribution in [3.8, 4) is 5.75 Å². The van der Waals surface area contributed by atoms with Crippen LogP contribution in [-0.2, 0) is 0 Å². The Morgan fingerprint density at radius 3 is 2.77 bits per heavy atom. The Hall–Kier alpha value is -1.02. The Labute approximate surface area is 82.9 Å². The van der Waals surface area contributed by atoms with Crippen molar-refractivity contribution in [2.45, 2.75) is 19.9 Å². The molecule has 0 aromatic heterocycles. The first-order chi connectivity index (χ1) is 6.11. The van der Waals surface area contributed by atoms with E-state index in [0.717, 1.165) is 0 Å². The molecule has 0 atom stereocenters. The molecule has 0 saturated heterocycles. The molecule has 1 rings (SSSR count). The average molecular weight is 198 g/mol. The molecule has 0 aliphatic carbocycles. The van der Waals surface area contributed by atoms with E-state index in [1.54, 1.807) is 24.4 Å². The van der Waals surface area contributed by atoms with E-state index in [9.17, 15) is 5.11 Å². The molecule has 0 aliphatic heterocycles. The van der Waals surface area contributed by atoms with Gasteiger partial charge in [-0.1, -0.05) is 17.7 Å². The number of hydrogen-bond acceptors (Lipinski definition) is 2.